The third-order valence-corrected chi connectivity index (χ3v) is 5.00. The predicted molar refractivity (Wildman–Crippen MR) is 97.2 cm³/mol. The van der Waals surface area contributed by atoms with Gasteiger partial charge in [-0.05, 0) is 37.5 Å². The number of nitrogens with zero attached hydrogens (tertiary/aromatic N) is 1. The fraction of sp³-hybridized carbons (Fsp3) is 0.556. The van der Waals surface area contributed by atoms with Gasteiger partial charge in [0.1, 0.15) is 6.04 Å². The molecule has 0 bridgehead atoms. The third kappa shape index (κ3) is 4.22. The summed E-state index contributed by atoms with van der Waals surface area (Å²) in [4.78, 5) is 26.9. The molecule has 1 aliphatic heterocycles. The molecule has 1 fully saturated rings. The minimum atomic E-state index is -0.488. The molecule has 6 heteroatoms. The van der Waals surface area contributed by atoms with Gasteiger partial charge in [-0.15, -0.1) is 0 Å². The summed E-state index contributed by atoms with van der Waals surface area (Å²) in [5.74, 6) is -0.106. The van der Waals surface area contributed by atoms with Gasteiger partial charge in [-0.3, -0.25) is 9.59 Å². The van der Waals surface area contributed by atoms with E-state index < -0.39 is 11.5 Å². The standard InChI is InChI=1S/C18H24Cl2N2O2/c1-11(12-7-8-13(19)14(20)10-12)21-16(23)15-6-5-9-22(15)17(24)18(2,3)4/h7-8,10-11,15H,5-6,9H2,1-4H3,(H,21,23). The molecule has 1 aromatic rings. The Morgan fingerprint density at radius 1 is 1.25 bits per heavy atom. The van der Waals surface area contributed by atoms with Crippen LogP contribution in [0.1, 0.15) is 52.1 Å². The summed E-state index contributed by atoms with van der Waals surface area (Å²) in [6.07, 6.45) is 1.54. The van der Waals surface area contributed by atoms with E-state index in [0.717, 1.165) is 12.0 Å². The highest BCUT2D eigenvalue weighted by Gasteiger charge is 2.38. The maximum absolute atomic E-state index is 12.7. The number of amides is 2. The summed E-state index contributed by atoms with van der Waals surface area (Å²) in [7, 11) is 0. The maximum Gasteiger partial charge on any atom is 0.243 e. The number of hydrogen-bond donors (Lipinski definition) is 1. The predicted octanol–water partition coefficient (Wildman–Crippen LogP) is 4.21. The lowest BCUT2D eigenvalue weighted by Gasteiger charge is -2.31. The molecular weight excluding hydrogens is 347 g/mol. The van der Waals surface area contributed by atoms with Crippen LogP contribution in [0.5, 0.6) is 0 Å². The fourth-order valence-electron chi connectivity index (χ4n) is 2.89. The van der Waals surface area contributed by atoms with Crippen molar-refractivity contribution in [3.05, 3.63) is 33.8 Å². The van der Waals surface area contributed by atoms with Crippen molar-refractivity contribution in [1.29, 1.82) is 0 Å². The van der Waals surface area contributed by atoms with Crippen molar-refractivity contribution in [2.45, 2.75) is 52.6 Å². The molecule has 4 nitrogen and oxygen atoms in total. The van der Waals surface area contributed by atoms with E-state index >= 15 is 0 Å². The first-order valence-corrected chi connectivity index (χ1v) is 8.93. The third-order valence-electron chi connectivity index (χ3n) is 4.26. The van der Waals surface area contributed by atoms with Crippen LogP contribution in [0.25, 0.3) is 0 Å². The minimum Gasteiger partial charge on any atom is -0.348 e. The second kappa shape index (κ2) is 7.32. The van der Waals surface area contributed by atoms with Crippen LogP contribution in [0.15, 0.2) is 18.2 Å². The highest BCUT2D eigenvalue weighted by molar-refractivity contribution is 6.42. The molecule has 1 aromatic carbocycles. The maximum atomic E-state index is 12.7. The normalized spacial score (nSPS) is 19.2. The van der Waals surface area contributed by atoms with Crippen LogP contribution in [0, 0.1) is 5.41 Å². The lowest BCUT2D eigenvalue weighted by atomic mass is 9.94. The highest BCUT2D eigenvalue weighted by atomic mass is 35.5. The zero-order valence-electron chi connectivity index (χ0n) is 14.5. The molecule has 1 saturated heterocycles. The highest BCUT2D eigenvalue weighted by Crippen LogP contribution is 2.28. The molecule has 0 spiro atoms. The number of benzene rings is 1. The second-order valence-electron chi connectivity index (χ2n) is 7.31. The van der Waals surface area contributed by atoms with E-state index in [9.17, 15) is 9.59 Å². The topological polar surface area (TPSA) is 49.4 Å². The molecule has 2 rings (SSSR count). The number of halogens is 2. The summed E-state index contributed by atoms with van der Waals surface area (Å²) in [6.45, 7) is 8.15. The molecule has 0 saturated carbocycles. The van der Waals surface area contributed by atoms with Crippen LogP contribution in [0.3, 0.4) is 0 Å². The van der Waals surface area contributed by atoms with Crippen molar-refractivity contribution in [2.24, 2.45) is 5.41 Å². The number of hydrogen-bond acceptors (Lipinski definition) is 2. The largest absolute Gasteiger partial charge is 0.348 e. The Labute approximate surface area is 153 Å². The van der Waals surface area contributed by atoms with Gasteiger partial charge in [0.05, 0.1) is 16.1 Å². The summed E-state index contributed by atoms with van der Waals surface area (Å²) in [6, 6.07) is 4.70. The molecule has 1 N–H and O–H groups in total. The molecule has 2 atom stereocenters. The Hall–Kier alpha value is -1.26. The number of nitrogens with one attached hydrogen (secondary N) is 1. The molecule has 24 heavy (non-hydrogen) atoms. The summed E-state index contributed by atoms with van der Waals surface area (Å²) >= 11 is 12.0. The van der Waals surface area contributed by atoms with Crippen molar-refractivity contribution in [3.8, 4) is 0 Å². The van der Waals surface area contributed by atoms with Crippen LogP contribution in [0.2, 0.25) is 10.0 Å². The first kappa shape index (κ1) is 19.1. The van der Waals surface area contributed by atoms with Gasteiger partial charge in [-0.1, -0.05) is 50.0 Å². The van der Waals surface area contributed by atoms with Crippen molar-refractivity contribution in [2.75, 3.05) is 6.54 Å². The number of rotatable bonds is 3. The lowest BCUT2D eigenvalue weighted by Crippen LogP contribution is -2.49. The van der Waals surface area contributed by atoms with Crippen molar-refractivity contribution in [3.63, 3.8) is 0 Å². The molecule has 0 radical (unpaired) electrons. The Morgan fingerprint density at radius 3 is 2.50 bits per heavy atom. The van der Waals surface area contributed by atoms with Crippen LogP contribution in [0.4, 0.5) is 0 Å². The van der Waals surface area contributed by atoms with Crippen LogP contribution in [-0.4, -0.2) is 29.3 Å². The average molecular weight is 371 g/mol. The number of likely N-dealkylation sites (tertiary alicyclic amines) is 1. The van der Waals surface area contributed by atoms with Gasteiger partial charge < -0.3 is 10.2 Å². The van der Waals surface area contributed by atoms with Gasteiger partial charge in [0.15, 0.2) is 0 Å². The lowest BCUT2D eigenvalue weighted by molar-refractivity contribution is -0.144. The Bertz CT molecular complexity index is 640. The Morgan fingerprint density at radius 2 is 1.92 bits per heavy atom. The van der Waals surface area contributed by atoms with Gasteiger partial charge in [-0.25, -0.2) is 0 Å². The first-order chi connectivity index (χ1) is 11.1. The van der Waals surface area contributed by atoms with Gasteiger partial charge in [0, 0.05) is 12.0 Å². The van der Waals surface area contributed by atoms with Crippen molar-refractivity contribution in [1.82, 2.24) is 10.2 Å². The van der Waals surface area contributed by atoms with E-state index in [0.29, 0.717) is 23.0 Å². The van der Waals surface area contributed by atoms with E-state index in [4.69, 9.17) is 23.2 Å². The van der Waals surface area contributed by atoms with Gasteiger partial charge in [0.2, 0.25) is 11.8 Å². The molecule has 0 aromatic heterocycles. The zero-order valence-corrected chi connectivity index (χ0v) is 16.0. The smallest absolute Gasteiger partial charge is 0.243 e. The monoisotopic (exact) mass is 370 g/mol. The number of carbonyl (C=O) groups excluding carboxylic acids is 2. The van der Waals surface area contributed by atoms with Crippen LogP contribution >= 0.6 is 23.2 Å². The molecular formula is C18H24Cl2N2O2. The summed E-state index contributed by atoms with van der Waals surface area (Å²) in [5.41, 5.74) is 0.391. The molecule has 1 heterocycles. The van der Waals surface area contributed by atoms with E-state index in [1.54, 1.807) is 17.0 Å². The summed E-state index contributed by atoms with van der Waals surface area (Å²) in [5, 5.41) is 3.93. The fourth-order valence-corrected chi connectivity index (χ4v) is 3.19. The molecule has 1 aliphatic rings. The quantitative estimate of drug-likeness (QED) is 0.866. The summed E-state index contributed by atoms with van der Waals surface area (Å²) < 4.78 is 0. The zero-order chi connectivity index (χ0) is 18.1. The number of carbonyl (C=O) groups is 2. The van der Waals surface area contributed by atoms with E-state index in [1.807, 2.05) is 33.8 Å². The average Bonchev–Trinajstić information content (AvgIpc) is 2.97. The molecule has 2 amide bonds. The Kier molecular flexibility index (Phi) is 5.82. The van der Waals surface area contributed by atoms with Crippen molar-refractivity contribution >= 4 is 35.0 Å². The second-order valence-corrected chi connectivity index (χ2v) is 8.12. The van der Waals surface area contributed by atoms with Crippen molar-refractivity contribution < 1.29 is 9.59 Å². The SMILES string of the molecule is CC(NC(=O)C1CCCN1C(=O)C(C)(C)C)c1ccc(Cl)c(Cl)c1. The Balaban J connectivity index is 2.08. The van der Waals surface area contributed by atoms with Crippen LogP contribution < -0.4 is 5.32 Å². The van der Waals surface area contributed by atoms with Gasteiger partial charge >= 0.3 is 0 Å². The minimum absolute atomic E-state index is 0.0161. The molecule has 132 valence electrons. The van der Waals surface area contributed by atoms with E-state index in [1.165, 1.54) is 0 Å². The van der Waals surface area contributed by atoms with Gasteiger partial charge in [0.25, 0.3) is 0 Å². The van der Waals surface area contributed by atoms with Gasteiger partial charge in [-0.2, -0.15) is 0 Å². The first-order valence-electron chi connectivity index (χ1n) is 8.17. The van der Waals surface area contributed by atoms with Crippen LogP contribution in [-0.2, 0) is 9.59 Å². The van der Waals surface area contributed by atoms with E-state index in [2.05, 4.69) is 5.32 Å². The molecule has 0 aliphatic carbocycles. The van der Waals surface area contributed by atoms with E-state index in [-0.39, 0.29) is 17.9 Å². The molecule has 2 unspecified atom stereocenters.